The van der Waals surface area contributed by atoms with Crippen LogP contribution in [0.15, 0.2) is 51.8 Å². The van der Waals surface area contributed by atoms with Gasteiger partial charge >= 0.3 is 0 Å². The van der Waals surface area contributed by atoms with Gasteiger partial charge in [-0.05, 0) is 30.3 Å². The normalized spacial score (nSPS) is 10.3. The molecule has 6 heteroatoms. The number of thioether (sulfide) groups is 1. The molecule has 0 atom stereocenters. The first-order valence-corrected chi connectivity index (χ1v) is 7.94. The summed E-state index contributed by atoms with van der Waals surface area (Å²) in [5.74, 6) is 0.147. The number of amides is 1. The molecule has 0 radical (unpaired) electrons. The van der Waals surface area contributed by atoms with E-state index < -0.39 is 0 Å². The Hall–Kier alpha value is -1.17. The van der Waals surface area contributed by atoms with Crippen LogP contribution >= 0.6 is 39.3 Å². The number of halogens is 2. The fourth-order valence-corrected chi connectivity index (χ4v) is 3.02. The van der Waals surface area contributed by atoms with Crippen LogP contribution in [-0.2, 0) is 4.79 Å². The first-order chi connectivity index (χ1) is 9.56. The van der Waals surface area contributed by atoms with E-state index in [1.54, 1.807) is 18.2 Å². The van der Waals surface area contributed by atoms with Gasteiger partial charge in [-0.1, -0.05) is 39.7 Å². The standard InChI is InChI=1S/C14H12BrClN2OS/c15-9-5-6-11(17)13(7-9)20-8-14(19)18-12-4-2-1-3-10(12)16/h1-7H,8,17H2,(H,18,19). The molecule has 0 unspecified atom stereocenters. The van der Waals surface area contributed by atoms with Gasteiger partial charge in [0.15, 0.2) is 0 Å². The Morgan fingerprint density at radius 1 is 1.30 bits per heavy atom. The molecule has 0 bridgehead atoms. The fraction of sp³-hybridized carbons (Fsp3) is 0.0714. The minimum Gasteiger partial charge on any atom is -0.398 e. The van der Waals surface area contributed by atoms with E-state index in [1.807, 2.05) is 24.3 Å². The van der Waals surface area contributed by atoms with Crippen molar-refractivity contribution in [1.29, 1.82) is 0 Å². The highest BCUT2D eigenvalue weighted by molar-refractivity contribution is 9.10. The van der Waals surface area contributed by atoms with E-state index in [0.29, 0.717) is 16.4 Å². The Labute approximate surface area is 135 Å². The summed E-state index contributed by atoms with van der Waals surface area (Å²) in [5, 5.41) is 3.29. The van der Waals surface area contributed by atoms with Crippen molar-refractivity contribution < 1.29 is 4.79 Å². The molecule has 104 valence electrons. The Kier molecular flexibility index (Phi) is 5.34. The summed E-state index contributed by atoms with van der Waals surface area (Å²) < 4.78 is 0.931. The third-order valence-corrected chi connectivity index (χ3v) is 4.38. The third kappa shape index (κ3) is 4.16. The van der Waals surface area contributed by atoms with Crippen LogP contribution in [0.4, 0.5) is 11.4 Å². The van der Waals surface area contributed by atoms with Crippen molar-refractivity contribution in [1.82, 2.24) is 0 Å². The minimum absolute atomic E-state index is 0.123. The summed E-state index contributed by atoms with van der Waals surface area (Å²) in [4.78, 5) is 12.8. The Bertz CT molecular complexity index is 636. The molecular weight excluding hydrogens is 360 g/mol. The second-order valence-electron chi connectivity index (χ2n) is 4.00. The molecule has 0 aliphatic heterocycles. The van der Waals surface area contributed by atoms with Crippen molar-refractivity contribution in [3.8, 4) is 0 Å². The molecule has 2 aromatic rings. The average molecular weight is 372 g/mol. The Morgan fingerprint density at radius 3 is 2.80 bits per heavy atom. The molecule has 3 nitrogen and oxygen atoms in total. The zero-order valence-corrected chi connectivity index (χ0v) is 13.6. The quantitative estimate of drug-likeness (QED) is 0.618. The average Bonchev–Trinajstić information content (AvgIpc) is 2.42. The zero-order valence-electron chi connectivity index (χ0n) is 10.4. The van der Waals surface area contributed by atoms with Gasteiger partial charge in [0.25, 0.3) is 0 Å². The maximum absolute atomic E-state index is 11.9. The lowest BCUT2D eigenvalue weighted by molar-refractivity contribution is -0.113. The summed E-state index contributed by atoms with van der Waals surface area (Å²) in [6, 6.07) is 12.7. The van der Waals surface area contributed by atoms with Crippen molar-refractivity contribution >= 4 is 56.6 Å². The van der Waals surface area contributed by atoms with Crippen LogP contribution in [0.1, 0.15) is 0 Å². The summed E-state index contributed by atoms with van der Waals surface area (Å²) in [7, 11) is 0. The summed E-state index contributed by atoms with van der Waals surface area (Å²) in [5.41, 5.74) is 7.13. The summed E-state index contributed by atoms with van der Waals surface area (Å²) >= 11 is 10.7. The smallest absolute Gasteiger partial charge is 0.234 e. The largest absolute Gasteiger partial charge is 0.398 e. The highest BCUT2D eigenvalue weighted by atomic mass is 79.9. The van der Waals surface area contributed by atoms with Crippen LogP contribution in [0, 0.1) is 0 Å². The van der Waals surface area contributed by atoms with Gasteiger partial charge in [-0.25, -0.2) is 0 Å². The van der Waals surface area contributed by atoms with Crippen molar-refractivity contribution in [3.05, 3.63) is 52.0 Å². The maximum atomic E-state index is 11.9. The van der Waals surface area contributed by atoms with Gasteiger partial charge in [-0.15, -0.1) is 11.8 Å². The van der Waals surface area contributed by atoms with Crippen LogP contribution in [0.3, 0.4) is 0 Å². The van der Waals surface area contributed by atoms with E-state index in [9.17, 15) is 4.79 Å². The second-order valence-corrected chi connectivity index (χ2v) is 6.34. The van der Waals surface area contributed by atoms with Crippen LogP contribution in [0.2, 0.25) is 5.02 Å². The lowest BCUT2D eigenvalue weighted by Gasteiger charge is -2.08. The number of carbonyl (C=O) groups is 1. The van der Waals surface area contributed by atoms with Crippen LogP contribution in [-0.4, -0.2) is 11.7 Å². The van der Waals surface area contributed by atoms with Crippen LogP contribution in [0.25, 0.3) is 0 Å². The number of nitrogens with two attached hydrogens (primary N) is 1. The molecule has 1 amide bonds. The summed E-state index contributed by atoms with van der Waals surface area (Å²) in [6.07, 6.45) is 0. The van der Waals surface area contributed by atoms with E-state index in [-0.39, 0.29) is 11.7 Å². The number of nitrogen functional groups attached to an aromatic ring is 1. The molecular formula is C14H12BrClN2OS. The first-order valence-electron chi connectivity index (χ1n) is 5.78. The third-order valence-electron chi connectivity index (χ3n) is 2.48. The predicted octanol–water partition coefficient (Wildman–Crippen LogP) is 4.42. The van der Waals surface area contributed by atoms with E-state index in [0.717, 1.165) is 9.37 Å². The lowest BCUT2D eigenvalue weighted by Crippen LogP contribution is -2.14. The van der Waals surface area contributed by atoms with E-state index in [2.05, 4.69) is 21.2 Å². The topological polar surface area (TPSA) is 55.1 Å². The predicted molar refractivity (Wildman–Crippen MR) is 89.4 cm³/mol. The number of hydrogen-bond acceptors (Lipinski definition) is 3. The Morgan fingerprint density at radius 2 is 2.05 bits per heavy atom. The van der Waals surface area contributed by atoms with Gasteiger partial charge in [0.2, 0.25) is 5.91 Å². The van der Waals surface area contributed by atoms with Gasteiger partial charge in [0, 0.05) is 15.1 Å². The SMILES string of the molecule is Nc1ccc(Br)cc1SCC(=O)Nc1ccccc1Cl. The van der Waals surface area contributed by atoms with Crippen LogP contribution in [0.5, 0.6) is 0 Å². The van der Waals surface area contributed by atoms with Crippen molar-refractivity contribution in [3.63, 3.8) is 0 Å². The van der Waals surface area contributed by atoms with Crippen LogP contribution < -0.4 is 11.1 Å². The zero-order chi connectivity index (χ0) is 14.5. The number of benzene rings is 2. The van der Waals surface area contributed by atoms with Gasteiger partial charge < -0.3 is 11.1 Å². The molecule has 3 N–H and O–H groups in total. The van der Waals surface area contributed by atoms with Gasteiger partial charge in [-0.3, -0.25) is 4.79 Å². The van der Waals surface area contributed by atoms with Crippen molar-refractivity contribution in [2.45, 2.75) is 4.90 Å². The minimum atomic E-state index is -0.123. The van der Waals surface area contributed by atoms with Gasteiger partial charge in [0.1, 0.15) is 0 Å². The molecule has 0 heterocycles. The highest BCUT2D eigenvalue weighted by Gasteiger charge is 2.08. The lowest BCUT2D eigenvalue weighted by atomic mass is 10.3. The fourth-order valence-electron chi connectivity index (χ4n) is 1.53. The Balaban J connectivity index is 1.96. The first kappa shape index (κ1) is 15.2. The molecule has 2 aromatic carbocycles. The maximum Gasteiger partial charge on any atom is 0.234 e. The monoisotopic (exact) mass is 370 g/mol. The van der Waals surface area contributed by atoms with Gasteiger partial charge in [0.05, 0.1) is 16.5 Å². The molecule has 0 aromatic heterocycles. The molecule has 0 fully saturated rings. The van der Waals surface area contributed by atoms with E-state index in [1.165, 1.54) is 11.8 Å². The van der Waals surface area contributed by atoms with Gasteiger partial charge in [-0.2, -0.15) is 0 Å². The van der Waals surface area contributed by atoms with E-state index in [4.69, 9.17) is 17.3 Å². The number of para-hydroxylation sites is 1. The summed E-state index contributed by atoms with van der Waals surface area (Å²) in [6.45, 7) is 0. The number of hydrogen-bond donors (Lipinski definition) is 2. The van der Waals surface area contributed by atoms with Crippen molar-refractivity contribution in [2.24, 2.45) is 0 Å². The number of carbonyl (C=O) groups excluding carboxylic acids is 1. The number of rotatable bonds is 4. The molecule has 20 heavy (non-hydrogen) atoms. The molecule has 0 saturated heterocycles. The molecule has 2 rings (SSSR count). The molecule has 0 aliphatic carbocycles. The number of nitrogens with one attached hydrogen (secondary N) is 1. The number of anilines is 2. The second kappa shape index (κ2) is 7.02. The van der Waals surface area contributed by atoms with Crippen molar-refractivity contribution in [2.75, 3.05) is 16.8 Å². The van der Waals surface area contributed by atoms with E-state index >= 15 is 0 Å². The molecule has 0 saturated carbocycles. The molecule has 0 aliphatic rings. The highest BCUT2D eigenvalue weighted by Crippen LogP contribution is 2.28. The molecule has 0 spiro atoms.